The molecule has 0 spiro atoms. The summed E-state index contributed by atoms with van der Waals surface area (Å²) >= 11 is 0. The van der Waals surface area contributed by atoms with E-state index in [0.717, 1.165) is 70.5 Å². The maximum absolute atomic E-state index is 13.1. The summed E-state index contributed by atoms with van der Waals surface area (Å²) in [6.07, 6.45) is 5.38. The van der Waals surface area contributed by atoms with Crippen molar-refractivity contribution in [2.24, 2.45) is 0 Å². The number of hydrogen-bond donors (Lipinski definition) is 2. The van der Waals surface area contributed by atoms with E-state index >= 15 is 0 Å². The Morgan fingerprint density at radius 1 is 1.18 bits per heavy atom. The second kappa shape index (κ2) is 13.7. The summed E-state index contributed by atoms with van der Waals surface area (Å²) in [6, 6.07) is 4.42. The van der Waals surface area contributed by atoms with E-state index in [4.69, 9.17) is 14.7 Å². The summed E-state index contributed by atoms with van der Waals surface area (Å²) < 4.78 is 50.5. The Labute approximate surface area is 199 Å². The number of hydrogen-bond acceptors (Lipinski definition) is 5. The lowest BCUT2D eigenvalue weighted by atomic mass is 9.96. The van der Waals surface area contributed by atoms with Gasteiger partial charge in [-0.3, -0.25) is 4.79 Å². The number of amides is 1. The molecule has 0 bridgehead atoms. The van der Waals surface area contributed by atoms with Gasteiger partial charge in [-0.05, 0) is 57.2 Å². The minimum atomic E-state index is -4.72. The molecule has 9 heteroatoms. The molecule has 1 fully saturated rings. The van der Waals surface area contributed by atoms with Crippen LogP contribution < -0.4 is 5.32 Å². The van der Waals surface area contributed by atoms with Crippen LogP contribution in [0.4, 0.5) is 18.9 Å². The Hall–Kier alpha value is -2.15. The first-order chi connectivity index (χ1) is 16.1. The van der Waals surface area contributed by atoms with Crippen LogP contribution in [0.1, 0.15) is 88.7 Å². The van der Waals surface area contributed by atoms with E-state index in [9.17, 15) is 23.1 Å². The van der Waals surface area contributed by atoms with Gasteiger partial charge in [-0.25, -0.2) is 0 Å². The van der Waals surface area contributed by atoms with Crippen LogP contribution in [-0.2, 0) is 20.4 Å². The number of aliphatic hydroxyl groups is 1. The molecule has 6 nitrogen and oxygen atoms in total. The van der Waals surface area contributed by atoms with Crippen molar-refractivity contribution >= 4 is 11.6 Å². The van der Waals surface area contributed by atoms with Gasteiger partial charge in [0.05, 0.1) is 17.2 Å². The van der Waals surface area contributed by atoms with E-state index in [1.807, 2.05) is 0 Å². The Morgan fingerprint density at radius 2 is 1.85 bits per heavy atom. The minimum absolute atomic E-state index is 0.0395. The van der Waals surface area contributed by atoms with E-state index in [-0.39, 0.29) is 18.4 Å². The summed E-state index contributed by atoms with van der Waals surface area (Å²) in [4.78, 5) is 12.4. The van der Waals surface area contributed by atoms with Gasteiger partial charge < -0.3 is 19.9 Å². The normalized spacial score (nSPS) is 18.2. The first kappa shape index (κ1) is 28.1. The van der Waals surface area contributed by atoms with Gasteiger partial charge in [0.15, 0.2) is 6.29 Å². The second-order valence-corrected chi connectivity index (χ2v) is 8.99. The molecule has 1 saturated heterocycles. The number of unbranched alkanes of at least 4 members (excludes halogenated alkanes) is 6. The molecule has 1 heterocycles. The Kier molecular flexibility index (Phi) is 11.3. The first-order valence-electron chi connectivity index (χ1n) is 12.0. The highest BCUT2D eigenvalue weighted by Gasteiger charge is 2.35. The molecule has 34 heavy (non-hydrogen) atoms. The molecular formula is C25H35F3N2O4. The van der Waals surface area contributed by atoms with Crippen molar-refractivity contribution in [2.75, 3.05) is 18.5 Å². The van der Waals surface area contributed by atoms with Crippen LogP contribution in [0.15, 0.2) is 18.2 Å². The standard InChI is InChI=1S/C25H35F3N2O4/c1-24(32,23(31)30-20-13-12-19(18-29)21(17-20)25(26,27)28)14-8-5-3-2-4-6-9-15-33-22-11-7-10-16-34-22/h12-13,17,22,32H,2-11,14-16H2,1H3,(H,30,31). The van der Waals surface area contributed by atoms with Gasteiger partial charge in [-0.15, -0.1) is 0 Å². The predicted molar refractivity (Wildman–Crippen MR) is 122 cm³/mol. The zero-order valence-corrected chi connectivity index (χ0v) is 19.8. The van der Waals surface area contributed by atoms with Crippen molar-refractivity contribution in [1.29, 1.82) is 5.26 Å². The summed E-state index contributed by atoms with van der Waals surface area (Å²) in [6.45, 7) is 2.85. The van der Waals surface area contributed by atoms with E-state index in [1.165, 1.54) is 19.1 Å². The molecule has 2 N–H and O–H groups in total. The summed E-state index contributed by atoms with van der Waals surface area (Å²) in [5.74, 6) is -0.771. The van der Waals surface area contributed by atoms with E-state index < -0.39 is 28.8 Å². The number of carbonyl (C=O) groups excluding carboxylic acids is 1. The molecule has 2 rings (SSSR count). The van der Waals surface area contributed by atoms with Crippen molar-refractivity contribution in [3.63, 3.8) is 0 Å². The molecule has 190 valence electrons. The molecule has 0 saturated carbocycles. The third kappa shape index (κ3) is 9.61. The molecule has 1 aromatic rings. The van der Waals surface area contributed by atoms with E-state index in [0.29, 0.717) is 19.1 Å². The second-order valence-electron chi connectivity index (χ2n) is 8.99. The fourth-order valence-corrected chi connectivity index (χ4v) is 3.85. The highest BCUT2D eigenvalue weighted by molar-refractivity contribution is 5.96. The lowest BCUT2D eigenvalue weighted by Gasteiger charge is -2.23. The number of nitrogens with zero attached hydrogens (tertiary/aromatic N) is 1. The number of carbonyl (C=O) groups is 1. The zero-order valence-electron chi connectivity index (χ0n) is 19.8. The number of alkyl halides is 3. The number of anilines is 1. The van der Waals surface area contributed by atoms with Gasteiger partial charge in [-0.1, -0.05) is 38.5 Å². The number of nitriles is 1. The van der Waals surface area contributed by atoms with Crippen molar-refractivity contribution in [3.05, 3.63) is 29.3 Å². The highest BCUT2D eigenvalue weighted by atomic mass is 19.4. The van der Waals surface area contributed by atoms with Gasteiger partial charge in [0.2, 0.25) is 0 Å². The van der Waals surface area contributed by atoms with Gasteiger partial charge >= 0.3 is 6.18 Å². The van der Waals surface area contributed by atoms with Crippen LogP contribution in [0.5, 0.6) is 0 Å². The Bertz CT molecular complexity index is 815. The predicted octanol–water partition coefficient (Wildman–Crippen LogP) is 5.93. The minimum Gasteiger partial charge on any atom is -0.380 e. The van der Waals surface area contributed by atoms with Crippen molar-refractivity contribution in [3.8, 4) is 6.07 Å². The van der Waals surface area contributed by atoms with Crippen LogP contribution in [-0.4, -0.2) is 36.1 Å². The quantitative estimate of drug-likeness (QED) is 0.339. The van der Waals surface area contributed by atoms with E-state index in [2.05, 4.69) is 5.32 Å². The van der Waals surface area contributed by atoms with Crippen molar-refractivity contribution < 1.29 is 32.5 Å². The topological polar surface area (TPSA) is 91.6 Å². The average molecular weight is 485 g/mol. The summed E-state index contributed by atoms with van der Waals surface area (Å²) in [5, 5.41) is 21.7. The summed E-state index contributed by atoms with van der Waals surface area (Å²) in [7, 11) is 0. The highest BCUT2D eigenvalue weighted by Crippen LogP contribution is 2.33. The van der Waals surface area contributed by atoms with Gasteiger partial charge in [0.1, 0.15) is 5.60 Å². The third-order valence-electron chi connectivity index (χ3n) is 5.94. The van der Waals surface area contributed by atoms with Crippen LogP contribution in [0, 0.1) is 11.3 Å². The molecule has 0 radical (unpaired) electrons. The molecule has 2 atom stereocenters. The number of nitrogens with one attached hydrogen (secondary N) is 1. The molecule has 1 aliphatic rings. The molecule has 1 aliphatic heterocycles. The van der Waals surface area contributed by atoms with Crippen molar-refractivity contribution in [2.45, 2.75) is 95.6 Å². The van der Waals surface area contributed by atoms with Gasteiger partial charge in [0, 0.05) is 18.9 Å². The molecule has 0 aliphatic carbocycles. The number of benzene rings is 1. The fourth-order valence-electron chi connectivity index (χ4n) is 3.85. The molecule has 1 amide bonds. The van der Waals surface area contributed by atoms with E-state index in [1.54, 1.807) is 0 Å². The average Bonchev–Trinajstić information content (AvgIpc) is 2.80. The van der Waals surface area contributed by atoms with Crippen molar-refractivity contribution in [1.82, 2.24) is 0 Å². The molecule has 0 aromatic heterocycles. The van der Waals surface area contributed by atoms with Crippen LogP contribution in [0.3, 0.4) is 0 Å². The number of rotatable bonds is 13. The van der Waals surface area contributed by atoms with Crippen LogP contribution in [0.25, 0.3) is 0 Å². The smallest absolute Gasteiger partial charge is 0.380 e. The van der Waals surface area contributed by atoms with Crippen LogP contribution >= 0.6 is 0 Å². The number of halogens is 3. The van der Waals surface area contributed by atoms with Gasteiger partial charge in [-0.2, -0.15) is 18.4 Å². The first-order valence-corrected chi connectivity index (χ1v) is 12.0. The fraction of sp³-hybridized carbons (Fsp3) is 0.680. The Balaban J connectivity index is 1.61. The monoisotopic (exact) mass is 484 g/mol. The lowest BCUT2D eigenvalue weighted by Crippen LogP contribution is -2.40. The Morgan fingerprint density at radius 3 is 2.47 bits per heavy atom. The molecule has 2 unspecified atom stereocenters. The lowest BCUT2D eigenvalue weighted by molar-refractivity contribution is -0.162. The maximum Gasteiger partial charge on any atom is 0.417 e. The molecule has 1 aromatic carbocycles. The maximum atomic E-state index is 13.1. The zero-order chi connectivity index (χ0) is 25.0. The molecular weight excluding hydrogens is 449 g/mol. The largest absolute Gasteiger partial charge is 0.417 e. The SMILES string of the molecule is CC(O)(CCCCCCCCCOC1CCCCO1)C(=O)Nc1ccc(C#N)c(C(F)(F)F)c1. The van der Waals surface area contributed by atoms with Gasteiger partial charge in [0.25, 0.3) is 5.91 Å². The number of ether oxygens (including phenoxy) is 2. The summed E-state index contributed by atoms with van der Waals surface area (Å²) in [5.41, 5.74) is -3.47. The third-order valence-corrected chi connectivity index (χ3v) is 5.94. The van der Waals surface area contributed by atoms with Crippen LogP contribution in [0.2, 0.25) is 0 Å².